The average molecular weight is 308 g/mol. The van der Waals surface area contributed by atoms with Crippen LogP contribution in [-0.2, 0) is 12.8 Å². The Balaban J connectivity index is 1.64. The van der Waals surface area contributed by atoms with E-state index in [2.05, 4.69) is 42.4 Å². The number of nitrogens with zero attached hydrogens (tertiary/aromatic N) is 2. The van der Waals surface area contributed by atoms with Crippen molar-refractivity contribution in [2.75, 3.05) is 6.26 Å². The Morgan fingerprint density at radius 2 is 2.05 bits per heavy atom. The minimum atomic E-state index is 0.718. The maximum Gasteiger partial charge on any atom is 0.0957 e. The summed E-state index contributed by atoms with van der Waals surface area (Å²) in [6.07, 6.45) is 8.69. The molecular weight excluding hydrogens is 288 g/mol. The molecule has 2 aliphatic carbocycles. The van der Waals surface area contributed by atoms with Gasteiger partial charge in [-0.2, -0.15) is 0 Å². The van der Waals surface area contributed by atoms with E-state index in [4.69, 9.17) is 4.98 Å². The van der Waals surface area contributed by atoms with Crippen LogP contribution in [-0.4, -0.2) is 16.2 Å². The SMILES string of the molecule is CSc1ccc(CC2=C(C)Cc3ccc(C4CC4)nc32)cn1. The van der Waals surface area contributed by atoms with Crippen LogP contribution < -0.4 is 0 Å². The molecule has 0 saturated heterocycles. The van der Waals surface area contributed by atoms with Crippen LogP contribution in [0.4, 0.5) is 0 Å². The zero-order chi connectivity index (χ0) is 15.1. The van der Waals surface area contributed by atoms with Gasteiger partial charge in [-0.25, -0.2) is 4.98 Å². The second-order valence-electron chi connectivity index (χ2n) is 6.34. The van der Waals surface area contributed by atoms with Crippen LogP contribution in [0.25, 0.3) is 5.57 Å². The maximum absolute atomic E-state index is 4.99. The average Bonchev–Trinajstić information content (AvgIpc) is 3.34. The lowest BCUT2D eigenvalue weighted by atomic mass is 10.0. The lowest BCUT2D eigenvalue weighted by molar-refractivity contribution is 0.997. The van der Waals surface area contributed by atoms with Crippen molar-refractivity contribution in [1.29, 1.82) is 0 Å². The van der Waals surface area contributed by atoms with Crippen LogP contribution in [0.2, 0.25) is 0 Å². The molecule has 1 saturated carbocycles. The summed E-state index contributed by atoms with van der Waals surface area (Å²) in [7, 11) is 0. The first kappa shape index (κ1) is 14.0. The highest BCUT2D eigenvalue weighted by Gasteiger charge is 2.28. The monoisotopic (exact) mass is 308 g/mol. The second kappa shape index (κ2) is 5.54. The van der Waals surface area contributed by atoms with Crippen molar-refractivity contribution < 1.29 is 0 Å². The molecule has 2 aromatic heterocycles. The number of hydrogen-bond donors (Lipinski definition) is 0. The molecule has 0 spiro atoms. The van der Waals surface area contributed by atoms with E-state index in [1.807, 2.05) is 6.20 Å². The number of pyridine rings is 2. The van der Waals surface area contributed by atoms with E-state index in [9.17, 15) is 0 Å². The molecule has 0 N–H and O–H groups in total. The molecule has 22 heavy (non-hydrogen) atoms. The predicted molar refractivity (Wildman–Crippen MR) is 92.2 cm³/mol. The molecule has 4 rings (SSSR count). The van der Waals surface area contributed by atoms with Crippen LogP contribution in [0.5, 0.6) is 0 Å². The normalized spacial score (nSPS) is 17.0. The minimum Gasteiger partial charge on any atom is -0.253 e. The van der Waals surface area contributed by atoms with Crippen LogP contribution in [0.1, 0.15) is 48.2 Å². The second-order valence-corrected chi connectivity index (χ2v) is 7.17. The molecule has 1 fully saturated rings. The number of fused-ring (bicyclic) bond motifs is 1. The van der Waals surface area contributed by atoms with Gasteiger partial charge in [-0.05, 0) is 61.3 Å². The van der Waals surface area contributed by atoms with Crippen molar-refractivity contribution in [3.63, 3.8) is 0 Å². The Hall–Kier alpha value is -1.61. The summed E-state index contributed by atoms with van der Waals surface area (Å²) in [5.74, 6) is 0.718. The lowest BCUT2D eigenvalue weighted by Crippen LogP contribution is -1.98. The summed E-state index contributed by atoms with van der Waals surface area (Å²) in [6, 6.07) is 8.84. The lowest BCUT2D eigenvalue weighted by Gasteiger charge is -2.08. The summed E-state index contributed by atoms with van der Waals surface area (Å²) < 4.78 is 0. The van der Waals surface area contributed by atoms with E-state index in [0.717, 1.165) is 23.8 Å². The number of aromatic nitrogens is 2. The topological polar surface area (TPSA) is 25.8 Å². The van der Waals surface area contributed by atoms with Gasteiger partial charge in [0.25, 0.3) is 0 Å². The van der Waals surface area contributed by atoms with E-state index in [0.29, 0.717) is 0 Å². The fraction of sp³-hybridized carbons (Fsp3) is 0.368. The molecule has 0 amide bonds. The summed E-state index contributed by atoms with van der Waals surface area (Å²) in [4.78, 5) is 9.49. The molecule has 112 valence electrons. The van der Waals surface area contributed by atoms with Crippen molar-refractivity contribution in [1.82, 2.24) is 9.97 Å². The van der Waals surface area contributed by atoms with Crippen LogP contribution >= 0.6 is 11.8 Å². The third-order valence-electron chi connectivity index (χ3n) is 4.64. The highest BCUT2D eigenvalue weighted by molar-refractivity contribution is 7.98. The Bertz CT molecular complexity index is 743. The highest BCUT2D eigenvalue weighted by atomic mass is 32.2. The Morgan fingerprint density at radius 3 is 2.73 bits per heavy atom. The number of hydrogen-bond acceptors (Lipinski definition) is 3. The van der Waals surface area contributed by atoms with Crippen LogP contribution in [0, 0.1) is 0 Å². The molecule has 0 aromatic carbocycles. The molecule has 2 aromatic rings. The summed E-state index contributed by atoms with van der Waals surface area (Å²) in [6.45, 7) is 2.25. The van der Waals surface area contributed by atoms with Gasteiger partial charge in [0, 0.05) is 24.2 Å². The molecule has 3 heteroatoms. The van der Waals surface area contributed by atoms with Crippen LogP contribution in [0.3, 0.4) is 0 Å². The quantitative estimate of drug-likeness (QED) is 0.769. The Labute approximate surface area is 136 Å². The van der Waals surface area contributed by atoms with Gasteiger partial charge in [0.05, 0.1) is 10.7 Å². The van der Waals surface area contributed by atoms with Gasteiger partial charge in [-0.15, -0.1) is 11.8 Å². The minimum absolute atomic E-state index is 0.718. The number of rotatable bonds is 4. The van der Waals surface area contributed by atoms with E-state index in [-0.39, 0.29) is 0 Å². The standard InChI is InChI=1S/C19H20N2S/c1-12-9-15-6-7-17(14-4-5-14)21-19(15)16(12)10-13-3-8-18(22-2)20-11-13/h3,6-8,11,14H,4-5,9-10H2,1-2H3. The molecule has 2 nitrogen and oxygen atoms in total. The summed E-state index contributed by atoms with van der Waals surface area (Å²) >= 11 is 1.69. The number of thioether (sulfide) groups is 1. The van der Waals surface area contributed by atoms with E-state index >= 15 is 0 Å². The van der Waals surface area contributed by atoms with Gasteiger partial charge in [0.15, 0.2) is 0 Å². The molecule has 0 unspecified atom stereocenters. The first-order valence-electron chi connectivity index (χ1n) is 7.92. The third-order valence-corrected chi connectivity index (χ3v) is 5.30. The molecule has 2 aliphatic rings. The first-order chi connectivity index (χ1) is 10.7. The zero-order valence-electron chi connectivity index (χ0n) is 13.1. The van der Waals surface area contributed by atoms with E-state index in [1.54, 1.807) is 11.8 Å². The van der Waals surface area contributed by atoms with E-state index < -0.39 is 0 Å². The predicted octanol–water partition coefficient (Wildman–Crippen LogP) is 4.65. The zero-order valence-corrected chi connectivity index (χ0v) is 13.9. The van der Waals surface area contributed by atoms with Crippen molar-refractivity contribution in [3.8, 4) is 0 Å². The number of allylic oxidation sites excluding steroid dienone is 2. The van der Waals surface area contributed by atoms with Crippen molar-refractivity contribution in [2.45, 2.75) is 43.6 Å². The molecule has 0 atom stereocenters. The van der Waals surface area contributed by atoms with Crippen LogP contribution in [0.15, 0.2) is 41.1 Å². The smallest absolute Gasteiger partial charge is 0.0957 e. The van der Waals surface area contributed by atoms with Gasteiger partial charge < -0.3 is 0 Å². The maximum atomic E-state index is 4.99. The van der Waals surface area contributed by atoms with Gasteiger partial charge in [0.2, 0.25) is 0 Å². The third kappa shape index (κ3) is 2.58. The van der Waals surface area contributed by atoms with Crippen molar-refractivity contribution >= 4 is 17.3 Å². The van der Waals surface area contributed by atoms with E-state index in [1.165, 1.54) is 46.5 Å². The van der Waals surface area contributed by atoms with Crippen molar-refractivity contribution in [3.05, 3.63) is 58.6 Å². The molecule has 2 heterocycles. The molecule has 0 radical (unpaired) electrons. The van der Waals surface area contributed by atoms with Gasteiger partial charge >= 0.3 is 0 Å². The first-order valence-corrected chi connectivity index (χ1v) is 9.15. The molecular formula is C19H20N2S. The Kier molecular flexibility index (Phi) is 3.53. The molecule has 0 aliphatic heterocycles. The summed E-state index contributed by atoms with van der Waals surface area (Å²) in [5.41, 5.74) is 8.09. The largest absolute Gasteiger partial charge is 0.253 e. The summed E-state index contributed by atoms with van der Waals surface area (Å²) in [5, 5.41) is 1.08. The molecule has 0 bridgehead atoms. The fourth-order valence-electron chi connectivity index (χ4n) is 3.18. The fourth-order valence-corrected chi connectivity index (χ4v) is 3.55. The van der Waals surface area contributed by atoms with Gasteiger partial charge in [-0.3, -0.25) is 4.98 Å². The van der Waals surface area contributed by atoms with Gasteiger partial charge in [-0.1, -0.05) is 17.7 Å². The Morgan fingerprint density at radius 1 is 1.18 bits per heavy atom. The van der Waals surface area contributed by atoms with Gasteiger partial charge in [0.1, 0.15) is 0 Å². The van der Waals surface area contributed by atoms with Crippen molar-refractivity contribution in [2.24, 2.45) is 0 Å². The highest BCUT2D eigenvalue weighted by Crippen LogP contribution is 2.41.